The summed E-state index contributed by atoms with van der Waals surface area (Å²) in [6, 6.07) is 0.786. The van der Waals surface area contributed by atoms with Gasteiger partial charge < -0.3 is 5.32 Å². The van der Waals surface area contributed by atoms with Crippen molar-refractivity contribution in [3.63, 3.8) is 0 Å². The summed E-state index contributed by atoms with van der Waals surface area (Å²) in [7, 11) is -1.33. The Labute approximate surface area is 93.1 Å². The van der Waals surface area contributed by atoms with Gasteiger partial charge in [-0.1, -0.05) is 6.92 Å². The van der Waals surface area contributed by atoms with Gasteiger partial charge in [0, 0.05) is 19.1 Å². The van der Waals surface area contributed by atoms with Crippen LogP contribution in [0.4, 0.5) is 0 Å². The van der Waals surface area contributed by atoms with Gasteiger partial charge in [-0.15, -0.1) is 0 Å². The smallest absolute Gasteiger partial charge is 0.211 e. The maximum Gasteiger partial charge on any atom is 0.211 e. The van der Waals surface area contributed by atoms with Crippen molar-refractivity contribution in [3.05, 3.63) is 0 Å². The Morgan fingerprint density at radius 1 is 1.27 bits per heavy atom. The topological polar surface area (TPSA) is 49.4 Å². The fourth-order valence-electron chi connectivity index (χ4n) is 2.20. The Morgan fingerprint density at radius 2 is 1.80 bits per heavy atom. The predicted octanol–water partition coefficient (Wildman–Crippen LogP) is 0.798. The van der Waals surface area contributed by atoms with E-state index in [-0.39, 0.29) is 6.04 Å². The maximum atomic E-state index is 11.3. The lowest BCUT2D eigenvalue weighted by molar-refractivity contribution is 0.252. The molecule has 0 aromatic heterocycles. The SMILES string of the molecule is CCNC1CCC(N(C)S(C)(=O)=O)CC1. The van der Waals surface area contributed by atoms with Crippen molar-refractivity contribution in [1.82, 2.24) is 9.62 Å². The summed E-state index contributed by atoms with van der Waals surface area (Å²) in [6.07, 6.45) is 5.39. The molecule has 0 bridgehead atoms. The third-order valence-electron chi connectivity index (χ3n) is 3.23. The zero-order chi connectivity index (χ0) is 11.5. The number of hydrogen-bond donors (Lipinski definition) is 1. The zero-order valence-corrected chi connectivity index (χ0v) is 10.7. The molecule has 1 aliphatic rings. The molecule has 1 fully saturated rings. The van der Waals surface area contributed by atoms with Gasteiger partial charge in [0.05, 0.1) is 6.26 Å². The van der Waals surface area contributed by atoms with E-state index in [2.05, 4.69) is 12.2 Å². The van der Waals surface area contributed by atoms with Crippen molar-refractivity contribution in [3.8, 4) is 0 Å². The Balaban J connectivity index is 2.44. The first kappa shape index (κ1) is 12.9. The van der Waals surface area contributed by atoms with Crippen LogP contribution in [-0.4, -0.2) is 44.7 Å². The molecule has 0 atom stereocenters. The fraction of sp³-hybridized carbons (Fsp3) is 1.00. The molecule has 0 amide bonds. The minimum atomic E-state index is -3.02. The van der Waals surface area contributed by atoms with Crippen molar-refractivity contribution in [2.75, 3.05) is 19.8 Å². The minimum absolute atomic E-state index is 0.204. The second-order valence-corrected chi connectivity index (χ2v) is 6.38. The van der Waals surface area contributed by atoms with E-state index >= 15 is 0 Å². The van der Waals surface area contributed by atoms with Crippen LogP contribution in [0.1, 0.15) is 32.6 Å². The molecular formula is C10H22N2O2S. The van der Waals surface area contributed by atoms with E-state index in [0.29, 0.717) is 6.04 Å². The van der Waals surface area contributed by atoms with Gasteiger partial charge in [-0.25, -0.2) is 12.7 Å². The zero-order valence-electron chi connectivity index (χ0n) is 9.86. The molecule has 1 N–H and O–H groups in total. The molecule has 5 heteroatoms. The Hall–Kier alpha value is -0.130. The number of rotatable bonds is 4. The summed E-state index contributed by atoms with van der Waals surface area (Å²) in [5, 5.41) is 3.41. The molecule has 0 heterocycles. The highest BCUT2D eigenvalue weighted by Crippen LogP contribution is 2.23. The molecular weight excluding hydrogens is 212 g/mol. The second kappa shape index (κ2) is 5.27. The van der Waals surface area contributed by atoms with Gasteiger partial charge in [0.15, 0.2) is 0 Å². The Morgan fingerprint density at radius 3 is 2.20 bits per heavy atom. The van der Waals surface area contributed by atoms with E-state index in [1.54, 1.807) is 7.05 Å². The standard InChI is InChI=1S/C10H22N2O2S/c1-4-11-9-5-7-10(8-6-9)12(2)15(3,13)14/h9-11H,4-8H2,1-3H3. The Bertz CT molecular complexity index is 282. The summed E-state index contributed by atoms with van der Waals surface area (Å²) in [4.78, 5) is 0. The molecule has 15 heavy (non-hydrogen) atoms. The predicted molar refractivity (Wildman–Crippen MR) is 62.3 cm³/mol. The van der Waals surface area contributed by atoms with Gasteiger partial charge in [0.25, 0.3) is 0 Å². The number of hydrogen-bond acceptors (Lipinski definition) is 3. The molecule has 0 saturated heterocycles. The lowest BCUT2D eigenvalue weighted by Crippen LogP contribution is -2.42. The van der Waals surface area contributed by atoms with Crippen molar-refractivity contribution < 1.29 is 8.42 Å². The first-order chi connectivity index (χ1) is 6.95. The van der Waals surface area contributed by atoms with Gasteiger partial charge in [-0.05, 0) is 32.2 Å². The molecule has 0 unspecified atom stereocenters. The van der Waals surface area contributed by atoms with E-state index in [0.717, 1.165) is 32.2 Å². The summed E-state index contributed by atoms with van der Waals surface area (Å²) in [5.41, 5.74) is 0. The number of sulfonamides is 1. The summed E-state index contributed by atoms with van der Waals surface area (Å²) in [5.74, 6) is 0. The second-order valence-electron chi connectivity index (χ2n) is 4.34. The van der Waals surface area contributed by atoms with Gasteiger partial charge >= 0.3 is 0 Å². The van der Waals surface area contributed by atoms with Gasteiger partial charge in [0.2, 0.25) is 10.0 Å². The van der Waals surface area contributed by atoms with E-state index in [1.165, 1.54) is 10.6 Å². The molecule has 0 spiro atoms. The average molecular weight is 234 g/mol. The van der Waals surface area contributed by atoms with E-state index < -0.39 is 10.0 Å². The third kappa shape index (κ3) is 3.74. The van der Waals surface area contributed by atoms with Gasteiger partial charge in [-0.2, -0.15) is 0 Å². The van der Waals surface area contributed by atoms with E-state index in [9.17, 15) is 8.42 Å². The number of nitrogens with zero attached hydrogens (tertiary/aromatic N) is 1. The fourth-order valence-corrected chi connectivity index (χ4v) is 2.96. The highest BCUT2D eigenvalue weighted by Gasteiger charge is 2.27. The van der Waals surface area contributed by atoms with Crippen LogP contribution < -0.4 is 5.32 Å². The molecule has 0 aromatic carbocycles. The van der Waals surface area contributed by atoms with Crippen molar-refractivity contribution in [2.45, 2.75) is 44.7 Å². The molecule has 0 aliphatic heterocycles. The van der Waals surface area contributed by atoms with E-state index in [4.69, 9.17) is 0 Å². The minimum Gasteiger partial charge on any atom is -0.314 e. The van der Waals surface area contributed by atoms with Gasteiger partial charge in [-0.3, -0.25) is 0 Å². The maximum absolute atomic E-state index is 11.3. The molecule has 0 aromatic rings. The molecule has 4 nitrogen and oxygen atoms in total. The molecule has 90 valence electrons. The highest BCUT2D eigenvalue weighted by atomic mass is 32.2. The van der Waals surface area contributed by atoms with Gasteiger partial charge in [0.1, 0.15) is 0 Å². The van der Waals surface area contributed by atoms with Crippen molar-refractivity contribution in [1.29, 1.82) is 0 Å². The van der Waals surface area contributed by atoms with Crippen molar-refractivity contribution >= 4 is 10.0 Å². The van der Waals surface area contributed by atoms with Crippen LogP contribution in [0.25, 0.3) is 0 Å². The lowest BCUT2D eigenvalue weighted by atomic mass is 9.91. The first-order valence-corrected chi connectivity index (χ1v) is 7.46. The largest absolute Gasteiger partial charge is 0.314 e. The van der Waals surface area contributed by atoms with Crippen LogP contribution >= 0.6 is 0 Å². The van der Waals surface area contributed by atoms with Crippen molar-refractivity contribution in [2.24, 2.45) is 0 Å². The molecule has 1 saturated carbocycles. The highest BCUT2D eigenvalue weighted by molar-refractivity contribution is 7.88. The van der Waals surface area contributed by atoms with Crippen LogP contribution in [0.3, 0.4) is 0 Å². The van der Waals surface area contributed by atoms with E-state index in [1.807, 2.05) is 0 Å². The first-order valence-electron chi connectivity index (χ1n) is 5.61. The molecule has 1 aliphatic carbocycles. The summed E-state index contributed by atoms with van der Waals surface area (Å²) >= 11 is 0. The van der Waals surface area contributed by atoms with Crippen LogP contribution in [0.15, 0.2) is 0 Å². The van der Waals surface area contributed by atoms with Crippen LogP contribution in [0.2, 0.25) is 0 Å². The van der Waals surface area contributed by atoms with Crippen LogP contribution in [0, 0.1) is 0 Å². The Kier molecular flexibility index (Phi) is 4.55. The van der Waals surface area contributed by atoms with Crippen LogP contribution in [0.5, 0.6) is 0 Å². The quantitative estimate of drug-likeness (QED) is 0.783. The third-order valence-corrected chi connectivity index (χ3v) is 4.57. The average Bonchev–Trinajstić information content (AvgIpc) is 2.17. The molecule has 1 rings (SSSR count). The lowest BCUT2D eigenvalue weighted by Gasteiger charge is -2.33. The normalized spacial score (nSPS) is 28.3. The molecule has 0 radical (unpaired) electrons. The number of nitrogens with one attached hydrogen (secondary N) is 1. The van der Waals surface area contributed by atoms with Crippen LogP contribution in [-0.2, 0) is 10.0 Å². The monoisotopic (exact) mass is 234 g/mol. The summed E-state index contributed by atoms with van der Waals surface area (Å²) in [6.45, 7) is 3.10. The summed E-state index contributed by atoms with van der Waals surface area (Å²) < 4.78 is 24.2.